The molecule has 226 valence electrons. The van der Waals surface area contributed by atoms with E-state index in [4.69, 9.17) is 35.3 Å². The van der Waals surface area contributed by atoms with Crippen molar-refractivity contribution < 1.29 is 47.7 Å². The lowest BCUT2D eigenvalue weighted by molar-refractivity contribution is -0.176. The SMILES string of the molecule is COc1ccnc(C(=O)N[C@H]2COC(=O)[C@H](Cc3ccccc3)[C@@H](OC(=O)C(C)C)[C@H](C)OC2=O)c1OC(=O)CCCl. The number of methoxy groups -OCH3 is 1. The van der Waals surface area contributed by atoms with Gasteiger partial charge >= 0.3 is 23.9 Å². The number of amides is 1. The van der Waals surface area contributed by atoms with Crippen LogP contribution in [0.15, 0.2) is 42.6 Å². The normalized spacial score (nSPS) is 20.7. The third-order valence-electron chi connectivity index (χ3n) is 6.29. The number of alkyl halides is 1. The molecule has 12 nitrogen and oxygen atoms in total. The van der Waals surface area contributed by atoms with Crippen molar-refractivity contribution in [3.63, 3.8) is 0 Å². The van der Waals surface area contributed by atoms with Gasteiger partial charge in [-0.3, -0.25) is 19.2 Å². The first-order valence-electron chi connectivity index (χ1n) is 13.3. The van der Waals surface area contributed by atoms with Crippen LogP contribution in [-0.2, 0) is 39.8 Å². The van der Waals surface area contributed by atoms with E-state index >= 15 is 0 Å². The Hall–Kier alpha value is -4.19. The Bertz CT molecular complexity index is 1290. The van der Waals surface area contributed by atoms with Crippen molar-refractivity contribution in [2.24, 2.45) is 11.8 Å². The number of pyridine rings is 1. The molecule has 1 aliphatic rings. The first kappa shape index (κ1) is 32.3. The summed E-state index contributed by atoms with van der Waals surface area (Å²) in [4.78, 5) is 68.5. The van der Waals surface area contributed by atoms with Crippen molar-refractivity contribution >= 4 is 41.4 Å². The molecule has 1 N–H and O–H groups in total. The van der Waals surface area contributed by atoms with Crippen LogP contribution in [0.5, 0.6) is 11.5 Å². The molecule has 1 saturated heterocycles. The molecule has 42 heavy (non-hydrogen) atoms. The minimum atomic E-state index is -1.47. The molecule has 0 saturated carbocycles. The fraction of sp³-hybridized carbons (Fsp3) is 0.448. The summed E-state index contributed by atoms with van der Waals surface area (Å²) >= 11 is 5.61. The van der Waals surface area contributed by atoms with Gasteiger partial charge in [0.25, 0.3) is 5.91 Å². The summed E-state index contributed by atoms with van der Waals surface area (Å²) in [6.07, 6.45) is -1.01. The Balaban J connectivity index is 1.89. The Kier molecular flexibility index (Phi) is 11.7. The zero-order chi connectivity index (χ0) is 30.8. The number of halogens is 1. The fourth-order valence-electron chi connectivity index (χ4n) is 4.07. The van der Waals surface area contributed by atoms with Crippen molar-refractivity contribution in [1.29, 1.82) is 0 Å². The van der Waals surface area contributed by atoms with E-state index in [0.29, 0.717) is 0 Å². The van der Waals surface area contributed by atoms with Gasteiger partial charge in [-0.2, -0.15) is 0 Å². The molecule has 13 heteroatoms. The Labute approximate surface area is 247 Å². The summed E-state index contributed by atoms with van der Waals surface area (Å²) in [5.41, 5.74) is 0.406. The van der Waals surface area contributed by atoms with Gasteiger partial charge in [0, 0.05) is 18.1 Å². The van der Waals surface area contributed by atoms with Crippen LogP contribution in [0.1, 0.15) is 43.2 Å². The van der Waals surface area contributed by atoms with Crippen molar-refractivity contribution in [1.82, 2.24) is 10.3 Å². The maximum Gasteiger partial charge on any atom is 0.332 e. The number of ether oxygens (including phenoxy) is 5. The third kappa shape index (κ3) is 8.41. The molecule has 0 unspecified atom stereocenters. The van der Waals surface area contributed by atoms with Crippen LogP contribution in [0.2, 0.25) is 0 Å². The third-order valence-corrected chi connectivity index (χ3v) is 6.48. The first-order chi connectivity index (χ1) is 20.0. The molecule has 2 heterocycles. The van der Waals surface area contributed by atoms with E-state index in [1.165, 1.54) is 26.3 Å². The molecule has 0 radical (unpaired) electrons. The highest BCUT2D eigenvalue weighted by Crippen LogP contribution is 2.30. The average Bonchev–Trinajstić information content (AvgIpc) is 2.99. The fourth-order valence-corrected chi connectivity index (χ4v) is 4.23. The molecule has 0 bridgehead atoms. The van der Waals surface area contributed by atoms with Crippen LogP contribution < -0.4 is 14.8 Å². The standard InChI is InChI=1S/C29H33ClN2O10/c1-16(2)27(35)42-24-17(3)40-29(37)20(15-39-28(36)19(24)14-18-8-6-5-7-9-18)32-26(34)23-25(41-22(33)10-12-30)21(38-4)11-13-31-23/h5-9,11,13,16-17,19-20,24H,10,12,14-15H2,1-4H3,(H,32,34)/t17-,19+,20-,24-/m0/s1. The molecule has 3 rings (SSSR count). The molecular weight excluding hydrogens is 572 g/mol. The average molecular weight is 605 g/mol. The maximum absolute atomic E-state index is 13.4. The molecule has 1 aliphatic heterocycles. The smallest absolute Gasteiger partial charge is 0.332 e. The van der Waals surface area contributed by atoms with Crippen LogP contribution in [0.25, 0.3) is 0 Å². The summed E-state index contributed by atoms with van der Waals surface area (Å²) in [5, 5.41) is 2.42. The summed E-state index contributed by atoms with van der Waals surface area (Å²) in [5.74, 6) is -5.73. The predicted octanol–water partition coefficient (Wildman–Crippen LogP) is 2.64. The van der Waals surface area contributed by atoms with Crippen LogP contribution in [-0.4, -0.2) is 72.6 Å². The highest BCUT2D eigenvalue weighted by Gasteiger charge is 2.42. The lowest BCUT2D eigenvalue weighted by Crippen LogP contribution is -2.47. The number of cyclic esters (lactones) is 2. The Morgan fingerprint density at radius 2 is 1.83 bits per heavy atom. The maximum atomic E-state index is 13.4. The van der Waals surface area contributed by atoms with Crippen LogP contribution in [0.4, 0.5) is 0 Å². The Morgan fingerprint density at radius 1 is 1.12 bits per heavy atom. The molecule has 1 fully saturated rings. The monoisotopic (exact) mass is 604 g/mol. The zero-order valence-corrected chi connectivity index (χ0v) is 24.4. The first-order valence-corrected chi connectivity index (χ1v) is 13.8. The summed E-state index contributed by atoms with van der Waals surface area (Å²) in [6.45, 7) is 4.18. The second-order valence-corrected chi connectivity index (χ2v) is 10.1. The number of esters is 4. The number of hydrogen-bond donors (Lipinski definition) is 1. The number of nitrogens with one attached hydrogen (secondary N) is 1. The minimum Gasteiger partial charge on any atom is -0.493 e. The van der Waals surface area contributed by atoms with Crippen LogP contribution in [0.3, 0.4) is 0 Å². The van der Waals surface area contributed by atoms with Crippen molar-refractivity contribution in [2.75, 3.05) is 19.6 Å². The van der Waals surface area contributed by atoms with E-state index in [-0.39, 0.29) is 35.9 Å². The lowest BCUT2D eigenvalue weighted by Gasteiger charge is -2.29. The van der Waals surface area contributed by atoms with E-state index in [1.54, 1.807) is 38.1 Å². The van der Waals surface area contributed by atoms with Gasteiger partial charge in [0.05, 0.1) is 19.4 Å². The van der Waals surface area contributed by atoms with E-state index < -0.39 is 66.5 Å². The van der Waals surface area contributed by atoms with Crippen molar-refractivity contribution in [3.05, 3.63) is 53.9 Å². The van der Waals surface area contributed by atoms with E-state index in [2.05, 4.69) is 10.3 Å². The molecule has 0 spiro atoms. The predicted molar refractivity (Wildman–Crippen MR) is 148 cm³/mol. The molecule has 2 aromatic rings. The summed E-state index contributed by atoms with van der Waals surface area (Å²) in [7, 11) is 1.31. The molecule has 0 aliphatic carbocycles. The summed E-state index contributed by atoms with van der Waals surface area (Å²) in [6, 6.07) is 8.94. The molecule has 1 aromatic carbocycles. The molecule has 4 atom stereocenters. The topological polar surface area (TPSA) is 156 Å². The van der Waals surface area contributed by atoms with E-state index in [0.717, 1.165) is 5.56 Å². The van der Waals surface area contributed by atoms with Crippen molar-refractivity contribution in [2.45, 2.75) is 51.9 Å². The highest BCUT2D eigenvalue weighted by molar-refractivity contribution is 6.18. The van der Waals surface area contributed by atoms with Gasteiger partial charge in [-0.15, -0.1) is 11.6 Å². The number of aromatic nitrogens is 1. The largest absolute Gasteiger partial charge is 0.493 e. The number of rotatable bonds is 10. The lowest BCUT2D eigenvalue weighted by atomic mass is 9.91. The molecular formula is C29H33ClN2O10. The number of carbonyl (C=O) groups is 5. The number of nitrogens with zero attached hydrogens (tertiary/aromatic N) is 1. The van der Waals surface area contributed by atoms with E-state index in [9.17, 15) is 24.0 Å². The molecule has 1 amide bonds. The van der Waals surface area contributed by atoms with Gasteiger partial charge in [0.15, 0.2) is 23.6 Å². The number of carbonyl (C=O) groups excluding carboxylic acids is 5. The van der Waals surface area contributed by atoms with Gasteiger partial charge in [-0.1, -0.05) is 44.2 Å². The summed E-state index contributed by atoms with van der Waals surface area (Å²) < 4.78 is 27.2. The van der Waals surface area contributed by atoms with E-state index in [1.807, 2.05) is 6.07 Å². The second-order valence-electron chi connectivity index (χ2n) is 9.75. The zero-order valence-electron chi connectivity index (χ0n) is 23.7. The van der Waals surface area contributed by atoms with Gasteiger partial charge in [0.1, 0.15) is 18.6 Å². The van der Waals surface area contributed by atoms with Crippen LogP contribution in [0, 0.1) is 11.8 Å². The van der Waals surface area contributed by atoms with Crippen LogP contribution >= 0.6 is 11.6 Å². The number of hydrogen-bond acceptors (Lipinski definition) is 11. The number of benzene rings is 1. The van der Waals surface area contributed by atoms with Gasteiger partial charge in [0.2, 0.25) is 5.75 Å². The van der Waals surface area contributed by atoms with Gasteiger partial charge < -0.3 is 29.0 Å². The van der Waals surface area contributed by atoms with Gasteiger partial charge in [-0.05, 0) is 18.9 Å². The minimum absolute atomic E-state index is 0.0147. The Morgan fingerprint density at radius 3 is 2.48 bits per heavy atom. The second kappa shape index (κ2) is 15.2. The quantitative estimate of drug-likeness (QED) is 0.241. The van der Waals surface area contributed by atoms with Crippen molar-refractivity contribution in [3.8, 4) is 11.5 Å². The van der Waals surface area contributed by atoms with Gasteiger partial charge in [-0.25, -0.2) is 9.78 Å². The molecule has 1 aromatic heterocycles. The highest BCUT2D eigenvalue weighted by atomic mass is 35.5.